The first-order valence-corrected chi connectivity index (χ1v) is 9.27. The van der Waals surface area contributed by atoms with Gasteiger partial charge in [0, 0.05) is 13.1 Å². The second kappa shape index (κ2) is 7.59. The highest BCUT2D eigenvalue weighted by Gasteiger charge is 2.32. The molecule has 2 aromatic rings. The van der Waals surface area contributed by atoms with Crippen LogP contribution in [0.3, 0.4) is 0 Å². The molecule has 4 rings (SSSR count). The molecule has 3 heterocycles. The van der Waals surface area contributed by atoms with Crippen molar-refractivity contribution in [3.8, 4) is 5.75 Å². The number of amides is 1. The van der Waals surface area contributed by atoms with Crippen molar-refractivity contribution in [3.63, 3.8) is 0 Å². The van der Waals surface area contributed by atoms with E-state index < -0.39 is 5.97 Å². The lowest BCUT2D eigenvalue weighted by Gasteiger charge is -2.30. The Balaban J connectivity index is 1.45. The van der Waals surface area contributed by atoms with E-state index in [0.29, 0.717) is 43.9 Å². The van der Waals surface area contributed by atoms with Crippen LogP contribution in [0.2, 0.25) is 0 Å². The third-order valence-electron chi connectivity index (χ3n) is 5.42. The predicted octanol–water partition coefficient (Wildman–Crippen LogP) is 1.49. The summed E-state index contributed by atoms with van der Waals surface area (Å²) in [5.74, 6) is -0.616. The van der Waals surface area contributed by atoms with Crippen molar-refractivity contribution in [2.75, 3.05) is 20.2 Å². The smallest absolute Gasteiger partial charge is 0.306 e. The summed E-state index contributed by atoms with van der Waals surface area (Å²) in [6, 6.07) is 7.66. The molecule has 1 N–H and O–H groups in total. The van der Waals surface area contributed by atoms with E-state index in [4.69, 9.17) is 14.6 Å². The number of ether oxygens (including phenoxy) is 2. The molecule has 0 unspecified atom stereocenters. The fraction of sp³-hybridized carbons (Fsp3) is 0.474. The molecular formula is C19H22N4O5. The third kappa shape index (κ3) is 3.45. The summed E-state index contributed by atoms with van der Waals surface area (Å²) in [4.78, 5) is 25.6. The summed E-state index contributed by atoms with van der Waals surface area (Å²) in [7, 11) is 1.62. The molecule has 2 aliphatic rings. The molecule has 1 aromatic heterocycles. The fourth-order valence-electron chi connectivity index (χ4n) is 3.68. The summed E-state index contributed by atoms with van der Waals surface area (Å²) in [5, 5.41) is 17.3. The van der Waals surface area contributed by atoms with E-state index in [-0.39, 0.29) is 24.5 Å². The molecule has 1 aromatic carbocycles. The van der Waals surface area contributed by atoms with Gasteiger partial charge in [0.25, 0.3) is 5.91 Å². The van der Waals surface area contributed by atoms with Gasteiger partial charge >= 0.3 is 5.97 Å². The second-order valence-electron chi connectivity index (χ2n) is 7.04. The summed E-state index contributed by atoms with van der Waals surface area (Å²) in [6.07, 6.45) is 0.746. The van der Waals surface area contributed by atoms with Crippen LogP contribution < -0.4 is 4.74 Å². The monoisotopic (exact) mass is 386 g/mol. The molecule has 1 fully saturated rings. The average molecular weight is 386 g/mol. The van der Waals surface area contributed by atoms with Gasteiger partial charge in [0.1, 0.15) is 11.9 Å². The molecule has 0 radical (unpaired) electrons. The molecule has 2 aliphatic heterocycles. The highest BCUT2D eigenvalue weighted by molar-refractivity contribution is 5.93. The summed E-state index contributed by atoms with van der Waals surface area (Å²) in [6.45, 7) is 1.55. The SMILES string of the molecule is COc1ccc([C@@H]2Cn3nnc(C(=O)N4CCC(C(=O)O)CC4)c3CO2)cc1. The van der Waals surface area contributed by atoms with E-state index in [0.717, 1.165) is 11.3 Å². The molecular weight excluding hydrogens is 364 g/mol. The first-order chi connectivity index (χ1) is 13.6. The van der Waals surface area contributed by atoms with E-state index >= 15 is 0 Å². The Hall–Kier alpha value is -2.94. The molecule has 1 amide bonds. The first kappa shape index (κ1) is 18.4. The van der Waals surface area contributed by atoms with E-state index in [1.807, 2.05) is 24.3 Å². The van der Waals surface area contributed by atoms with Gasteiger partial charge in [-0.2, -0.15) is 0 Å². The van der Waals surface area contributed by atoms with E-state index in [2.05, 4.69) is 10.3 Å². The van der Waals surface area contributed by atoms with Gasteiger partial charge in [-0.05, 0) is 30.5 Å². The van der Waals surface area contributed by atoms with Gasteiger partial charge in [-0.25, -0.2) is 4.68 Å². The molecule has 1 saturated heterocycles. The molecule has 28 heavy (non-hydrogen) atoms. The zero-order valence-electron chi connectivity index (χ0n) is 15.6. The second-order valence-corrected chi connectivity index (χ2v) is 7.04. The van der Waals surface area contributed by atoms with Crippen molar-refractivity contribution in [2.24, 2.45) is 5.92 Å². The number of carboxylic acid groups (broad SMARTS) is 1. The van der Waals surface area contributed by atoms with Crippen molar-refractivity contribution < 1.29 is 24.2 Å². The van der Waals surface area contributed by atoms with Gasteiger partial charge in [-0.15, -0.1) is 5.10 Å². The Bertz CT molecular complexity index is 871. The van der Waals surface area contributed by atoms with E-state index in [1.165, 1.54) is 0 Å². The zero-order chi connectivity index (χ0) is 19.7. The van der Waals surface area contributed by atoms with Crippen molar-refractivity contribution in [3.05, 3.63) is 41.2 Å². The van der Waals surface area contributed by atoms with Gasteiger partial charge in [0.05, 0.1) is 31.9 Å². The topological polar surface area (TPSA) is 107 Å². The van der Waals surface area contributed by atoms with Crippen LogP contribution in [-0.2, 0) is 22.7 Å². The van der Waals surface area contributed by atoms with Crippen LogP contribution in [-0.4, -0.2) is 57.1 Å². The zero-order valence-corrected chi connectivity index (χ0v) is 15.6. The number of aliphatic carboxylic acids is 1. The van der Waals surface area contributed by atoms with Crippen molar-refractivity contribution in [2.45, 2.75) is 32.1 Å². The minimum atomic E-state index is -0.800. The number of carboxylic acids is 1. The quantitative estimate of drug-likeness (QED) is 0.848. The number of rotatable bonds is 4. The number of aromatic nitrogens is 3. The normalized spacial score (nSPS) is 19.9. The summed E-state index contributed by atoms with van der Waals surface area (Å²) in [5.41, 5.74) is 1.96. The fourth-order valence-corrected chi connectivity index (χ4v) is 3.68. The molecule has 148 valence electrons. The average Bonchev–Trinajstić information content (AvgIpc) is 3.16. The van der Waals surface area contributed by atoms with Crippen LogP contribution >= 0.6 is 0 Å². The van der Waals surface area contributed by atoms with Gasteiger partial charge in [0.15, 0.2) is 5.69 Å². The lowest BCUT2D eigenvalue weighted by molar-refractivity contribution is -0.143. The number of benzene rings is 1. The number of likely N-dealkylation sites (tertiary alicyclic amines) is 1. The maximum atomic E-state index is 12.8. The third-order valence-corrected chi connectivity index (χ3v) is 5.42. The number of methoxy groups -OCH3 is 1. The lowest BCUT2D eigenvalue weighted by atomic mass is 9.97. The Morgan fingerprint density at radius 3 is 2.57 bits per heavy atom. The number of carbonyl (C=O) groups is 2. The molecule has 9 heteroatoms. The van der Waals surface area contributed by atoms with E-state index in [1.54, 1.807) is 16.7 Å². The maximum Gasteiger partial charge on any atom is 0.306 e. The van der Waals surface area contributed by atoms with Crippen molar-refractivity contribution in [1.29, 1.82) is 0 Å². The highest BCUT2D eigenvalue weighted by Crippen LogP contribution is 2.29. The molecule has 9 nitrogen and oxygen atoms in total. The van der Waals surface area contributed by atoms with Gasteiger partial charge in [0.2, 0.25) is 0 Å². The van der Waals surface area contributed by atoms with Crippen molar-refractivity contribution >= 4 is 11.9 Å². The standard InChI is InChI=1S/C19H22N4O5/c1-27-14-4-2-12(3-5-14)16-10-23-15(11-28-16)17(20-21-23)18(24)22-8-6-13(7-9-22)19(25)26/h2-5,13,16H,6-11H2,1H3,(H,25,26)/t16-/m0/s1. The van der Waals surface area contributed by atoms with Crippen LogP contribution in [0, 0.1) is 5.92 Å². The number of hydrogen-bond acceptors (Lipinski definition) is 6. The molecule has 0 bridgehead atoms. The number of piperidine rings is 1. The minimum absolute atomic E-state index is 0.172. The number of hydrogen-bond donors (Lipinski definition) is 1. The Labute approximate surface area is 161 Å². The maximum absolute atomic E-state index is 12.8. The van der Waals surface area contributed by atoms with E-state index in [9.17, 15) is 9.59 Å². The minimum Gasteiger partial charge on any atom is -0.497 e. The van der Waals surface area contributed by atoms with Gasteiger partial charge in [-0.1, -0.05) is 17.3 Å². The number of carbonyl (C=O) groups excluding carboxylic acids is 1. The Morgan fingerprint density at radius 1 is 1.21 bits per heavy atom. The summed E-state index contributed by atoms with van der Waals surface area (Å²) < 4.78 is 12.9. The summed E-state index contributed by atoms with van der Waals surface area (Å²) >= 11 is 0. The molecule has 0 saturated carbocycles. The van der Waals surface area contributed by atoms with Crippen LogP contribution in [0.25, 0.3) is 0 Å². The lowest BCUT2D eigenvalue weighted by Crippen LogP contribution is -2.41. The highest BCUT2D eigenvalue weighted by atomic mass is 16.5. The van der Waals surface area contributed by atoms with Crippen LogP contribution in [0.5, 0.6) is 5.75 Å². The Morgan fingerprint density at radius 2 is 1.93 bits per heavy atom. The number of nitrogens with zero attached hydrogens (tertiary/aromatic N) is 4. The van der Waals surface area contributed by atoms with Gasteiger partial charge in [-0.3, -0.25) is 9.59 Å². The van der Waals surface area contributed by atoms with Gasteiger partial charge < -0.3 is 19.5 Å². The molecule has 0 aliphatic carbocycles. The van der Waals surface area contributed by atoms with Crippen LogP contribution in [0.4, 0.5) is 0 Å². The Kier molecular flexibility index (Phi) is 4.99. The van der Waals surface area contributed by atoms with Crippen molar-refractivity contribution in [1.82, 2.24) is 19.9 Å². The first-order valence-electron chi connectivity index (χ1n) is 9.27. The van der Waals surface area contributed by atoms with Crippen LogP contribution in [0.1, 0.15) is 40.7 Å². The van der Waals surface area contributed by atoms with Crippen LogP contribution in [0.15, 0.2) is 24.3 Å². The molecule has 0 spiro atoms. The molecule has 1 atom stereocenters. The largest absolute Gasteiger partial charge is 0.497 e. The number of fused-ring (bicyclic) bond motifs is 1. The predicted molar refractivity (Wildman–Crippen MR) is 96.8 cm³/mol.